The molecule has 0 spiro atoms. The van der Waals surface area contributed by atoms with Crippen molar-refractivity contribution in [1.82, 2.24) is 9.97 Å². The number of benzene rings is 2. The lowest BCUT2D eigenvalue weighted by atomic mass is 10.2. The van der Waals surface area contributed by atoms with Crippen molar-refractivity contribution in [3.8, 4) is 17.2 Å². The molecular formula is C16H14N2O3S. The Morgan fingerprint density at radius 1 is 1.18 bits per heavy atom. The summed E-state index contributed by atoms with van der Waals surface area (Å²) in [5.74, 6) is 3.26. The van der Waals surface area contributed by atoms with Gasteiger partial charge in [0.25, 0.3) is 0 Å². The number of nitrogens with one attached hydrogen (secondary N) is 1. The number of nitrogens with zero attached hydrogens (tertiary/aromatic N) is 1. The molecule has 0 saturated heterocycles. The minimum Gasteiger partial charge on any atom is -0.497 e. The van der Waals surface area contributed by atoms with Crippen molar-refractivity contribution in [2.45, 2.75) is 10.9 Å². The van der Waals surface area contributed by atoms with Crippen LogP contribution in [0.5, 0.6) is 17.2 Å². The van der Waals surface area contributed by atoms with Crippen molar-refractivity contribution in [3.05, 3.63) is 42.0 Å². The third-order valence-electron chi connectivity index (χ3n) is 3.48. The largest absolute Gasteiger partial charge is 0.497 e. The molecule has 0 aliphatic carbocycles. The predicted octanol–water partition coefficient (Wildman–Crippen LogP) is 3.59. The van der Waals surface area contributed by atoms with E-state index < -0.39 is 0 Å². The van der Waals surface area contributed by atoms with Gasteiger partial charge in [-0.05, 0) is 29.8 Å². The van der Waals surface area contributed by atoms with Gasteiger partial charge in [0.15, 0.2) is 16.7 Å². The third-order valence-corrected chi connectivity index (χ3v) is 4.42. The smallest absolute Gasteiger partial charge is 0.231 e. The molecule has 0 radical (unpaired) electrons. The molecule has 3 aromatic rings. The summed E-state index contributed by atoms with van der Waals surface area (Å²) in [6, 6.07) is 11.8. The van der Waals surface area contributed by atoms with Crippen LogP contribution in [0.1, 0.15) is 5.56 Å². The van der Waals surface area contributed by atoms with Gasteiger partial charge in [-0.2, -0.15) is 0 Å². The molecule has 1 aliphatic heterocycles. The molecule has 0 unspecified atom stereocenters. The van der Waals surface area contributed by atoms with Crippen LogP contribution in [0.4, 0.5) is 0 Å². The number of aromatic nitrogens is 2. The lowest BCUT2D eigenvalue weighted by Gasteiger charge is -2.01. The Bertz CT molecular complexity index is 831. The van der Waals surface area contributed by atoms with Crippen LogP contribution in [0.3, 0.4) is 0 Å². The molecule has 0 saturated carbocycles. The fraction of sp³-hybridized carbons (Fsp3) is 0.188. The number of imidazole rings is 1. The number of aromatic amines is 1. The van der Waals surface area contributed by atoms with E-state index in [1.165, 1.54) is 5.56 Å². The molecule has 1 N–H and O–H groups in total. The lowest BCUT2D eigenvalue weighted by molar-refractivity contribution is 0.174. The summed E-state index contributed by atoms with van der Waals surface area (Å²) in [4.78, 5) is 7.88. The highest BCUT2D eigenvalue weighted by Crippen LogP contribution is 2.34. The van der Waals surface area contributed by atoms with Crippen molar-refractivity contribution in [1.29, 1.82) is 0 Å². The predicted molar refractivity (Wildman–Crippen MR) is 84.8 cm³/mol. The lowest BCUT2D eigenvalue weighted by Crippen LogP contribution is -1.92. The fourth-order valence-corrected chi connectivity index (χ4v) is 3.17. The van der Waals surface area contributed by atoms with Gasteiger partial charge in [0.1, 0.15) is 5.75 Å². The number of hydrogen-bond acceptors (Lipinski definition) is 5. The van der Waals surface area contributed by atoms with Crippen molar-refractivity contribution in [2.75, 3.05) is 13.9 Å². The summed E-state index contributed by atoms with van der Waals surface area (Å²) in [6.07, 6.45) is 0. The van der Waals surface area contributed by atoms with Gasteiger partial charge in [-0.3, -0.25) is 0 Å². The molecule has 6 heteroatoms. The Kier molecular flexibility index (Phi) is 3.31. The minimum absolute atomic E-state index is 0.303. The molecule has 0 amide bonds. The number of fused-ring (bicyclic) bond motifs is 2. The molecule has 1 aromatic heterocycles. The van der Waals surface area contributed by atoms with Gasteiger partial charge in [0.05, 0.1) is 18.1 Å². The monoisotopic (exact) mass is 314 g/mol. The zero-order chi connectivity index (χ0) is 14.9. The first-order valence-corrected chi connectivity index (χ1v) is 7.85. The van der Waals surface area contributed by atoms with Crippen molar-refractivity contribution in [2.24, 2.45) is 0 Å². The maximum atomic E-state index is 5.40. The van der Waals surface area contributed by atoms with E-state index in [1.54, 1.807) is 18.9 Å². The highest BCUT2D eigenvalue weighted by molar-refractivity contribution is 7.98. The van der Waals surface area contributed by atoms with Gasteiger partial charge >= 0.3 is 0 Å². The van der Waals surface area contributed by atoms with Crippen LogP contribution in [0.25, 0.3) is 11.0 Å². The quantitative estimate of drug-likeness (QED) is 0.746. The van der Waals surface area contributed by atoms with Gasteiger partial charge in [-0.25, -0.2) is 4.98 Å². The number of ether oxygens (including phenoxy) is 3. The van der Waals surface area contributed by atoms with Crippen LogP contribution in [0.15, 0.2) is 41.6 Å². The second kappa shape index (κ2) is 5.46. The van der Waals surface area contributed by atoms with Crippen molar-refractivity contribution < 1.29 is 14.2 Å². The van der Waals surface area contributed by atoms with Crippen LogP contribution >= 0.6 is 11.8 Å². The summed E-state index contributed by atoms with van der Waals surface area (Å²) in [6.45, 7) is 0.303. The fourth-order valence-electron chi connectivity index (χ4n) is 2.34. The van der Waals surface area contributed by atoms with Gasteiger partial charge in [0, 0.05) is 11.8 Å². The minimum atomic E-state index is 0.303. The van der Waals surface area contributed by atoms with Gasteiger partial charge in [-0.15, -0.1) is 0 Å². The van der Waals surface area contributed by atoms with Crippen molar-refractivity contribution in [3.63, 3.8) is 0 Å². The summed E-state index contributed by atoms with van der Waals surface area (Å²) < 4.78 is 15.9. The Labute approximate surface area is 131 Å². The number of H-pyrrole nitrogens is 1. The maximum absolute atomic E-state index is 5.40. The standard InChI is InChI=1S/C16H14N2O3S/c1-19-11-3-4-12-13(7-11)18-16(17-12)22-8-10-2-5-14-15(6-10)21-9-20-14/h2-7H,8-9H2,1H3,(H,17,18). The molecule has 1 aliphatic rings. The van der Waals surface area contributed by atoms with Crippen LogP contribution < -0.4 is 14.2 Å². The van der Waals surface area contributed by atoms with E-state index in [0.29, 0.717) is 6.79 Å². The Balaban J connectivity index is 1.51. The number of hydrogen-bond donors (Lipinski definition) is 1. The Morgan fingerprint density at radius 3 is 3.00 bits per heavy atom. The zero-order valence-electron chi connectivity index (χ0n) is 12.0. The van der Waals surface area contributed by atoms with E-state index >= 15 is 0 Å². The summed E-state index contributed by atoms with van der Waals surface area (Å²) >= 11 is 1.65. The van der Waals surface area contributed by atoms with Crippen LogP contribution in [0, 0.1) is 0 Å². The number of methoxy groups -OCH3 is 1. The Hall–Kier alpha value is -2.34. The van der Waals surface area contributed by atoms with E-state index in [-0.39, 0.29) is 0 Å². The van der Waals surface area contributed by atoms with Crippen LogP contribution in [0.2, 0.25) is 0 Å². The second-order valence-corrected chi connectivity index (χ2v) is 5.87. The summed E-state index contributed by atoms with van der Waals surface area (Å²) in [7, 11) is 1.66. The van der Waals surface area contributed by atoms with Gasteiger partial charge < -0.3 is 19.2 Å². The molecule has 0 bridgehead atoms. The first-order chi connectivity index (χ1) is 10.8. The molecular weight excluding hydrogens is 300 g/mol. The molecule has 112 valence electrons. The normalized spacial score (nSPS) is 12.8. The second-order valence-electron chi connectivity index (χ2n) is 4.90. The third kappa shape index (κ3) is 2.46. The first-order valence-electron chi connectivity index (χ1n) is 6.87. The molecule has 0 atom stereocenters. The average molecular weight is 314 g/mol. The topological polar surface area (TPSA) is 56.4 Å². The van der Waals surface area contributed by atoms with E-state index in [4.69, 9.17) is 14.2 Å². The zero-order valence-corrected chi connectivity index (χ0v) is 12.8. The van der Waals surface area contributed by atoms with Crippen molar-refractivity contribution >= 4 is 22.8 Å². The van der Waals surface area contributed by atoms with Gasteiger partial charge in [-0.1, -0.05) is 17.8 Å². The number of rotatable bonds is 4. The molecule has 0 fully saturated rings. The SMILES string of the molecule is COc1ccc2nc(SCc3ccc4c(c3)OCO4)[nH]c2c1. The van der Waals surface area contributed by atoms with Gasteiger partial charge in [0.2, 0.25) is 6.79 Å². The summed E-state index contributed by atoms with van der Waals surface area (Å²) in [5, 5.41) is 0.890. The average Bonchev–Trinajstić information content (AvgIpc) is 3.17. The molecule has 2 aromatic carbocycles. The first kappa shape index (κ1) is 13.3. The molecule has 2 heterocycles. The molecule has 22 heavy (non-hydrogen) atoms. The highest BCUT2D eigenvalue weighted by atomic mass is 32.2. The van der Waals surface area contributed by atoms with E-state index in [0.717, 1.165) is 39.2 Å². The van der Waals surface area contributed by atoms with E-state index in [2.05, 4.69) is 9.97 Å². The van der Waals surface area contributed by atoms with Crippen LogP contribution in [-0.4, -0.2) is 23.9 Å². The molecule has 4 rings (SSSR count). The molecule has 5 nitrogen and oxygen atoms in total. The maximum Gasteiger partial charge on any atom is 0.231 e. The summed E-state index contributed by atoms with van der Waals surface area (Å²) in [5.41, 5.74) is 3.09. The van der Waals surface area contributed by atoms with E-state index in [1.807, 2.05) is 36.4 Å². The van der Waals surface area contributed by atoms with Crippen LogP contribution in [-0.2, 0) is 5.75 Å². The highest BCUT2D eigenvalue weighted by Gasteiger charge is 2.13. The number of thioether (sulfide) groups is 1. The Morgan fingerprint density at radius 2 is 2.09 bits per heavy atom. The van der Waals surface area contributed by atoms with E-state index in [9.17, 15) is 0 Å².